The van der Waals surface area contributed by atoms with Crippen molar-refractivity contribution in [1.29, 1.82) is 0 Å². The lowest BCUT2D eigenvalue weighted by atomic mass is 10.0. The second kappa shape index (κ2) is 14.4. The Hall–Kier alpha value is -4.23. The molecular weight excluding hydrogens is 472 g/mol. The number of esters is 3. The molecule has 7 nitrogen and oxygen atoms in total. The van der Waals surface area contributed by atoms with Crippen molar-refractivity contribution in [3.05, 3.63) is 120 Å². The smallest absolute Gasteiger partial charge is 0.338 e. The molecular formula is C30H30O7. The van der Waals surface area contributed by atoms with E-state index in [1.807, 2.05) is 12.1 Å². The van der Waals surface area contributed by atoms with Gasteiger partial charge in [0.1, 0.15) is 19.3 Å². The van der Waals surface area contributed by atoms with Crippen LogP contribution in [0, 0.1) is 0 Å². The normalized spacial score (nSPS) is 12.1. The molecule has 0 N–H and O–H groups in total. The standard InChI is InChI=1S/C30H30O7/c1-3-18-34-30(33)27-17-11-10-16-25(27)19-26(21-36-28(31)23-12-6-4-7-13-23)35-20-22(2)37-29(32)24-14-8-5-9-15-24/h3-17,22,26H,1,18-21H2,2H3. The van der Waals surface area contributed by atoms with Crippen molar-refractivity contribution in [3.8, 4) is 0 Å². The molecule has 2 atom stereocenters. The van der Waals surface area contributed by atoms with E-state index in [1.165, 1.54) is 6.08 Å². The van der Waals surface area contributed by atoms with Gasteiger partial charge in [-0.3, -0.25) is 0 Å². The Balaban J connectivity index is 1.68. The van der Waals surface area contributed by atoms with E-state index in [0.29, 0.717) is 22.3 Å². The molecule has 37 heavy (non-hydrogen) atoms. The van der Waals surface area contributed by atoms with Gasteiger partial charge in [-0.15, -0.1) is 0 Å². The molecule has 7 heteroatoms. The van der Waals surface area contributed by atoms with E-state index in [-0.39, 0.29) is 26.2 Å². The zero-order valence-electron chi connectivity index (χ0n) is 20.7. The first-order valence-corrected chi connectivity index (χ1v) is 11.9. The first-order chi connectivity index (χ1) is 18.0. The molecule has 0 saturated heterocycles. The molecule has 3 aromatic carbocycles. The number of hydrogen-bond acceptors (Lipinski definition) is 7. The fourth-order valence-electron chi connectivity index (χ4n) is 3.48. The van der Waals surface area contributed by atoms with Crippen LogP contribution in [-0.2, 0) is 25.4 Å². The third-order valence-corrected chi connectivity index (χ3v) is 5.31. The molecule has 0 aliphatic heterocycles. The Kier molecular flexibility index (Phi) is 10.6. The summed E-state index contributed by atoms with van der Waals surface area (Å²) < 4.78 is 22.2. The molecule has 0 spiro atoms. The Morgan fingerprint density at radius 1 is 0.757 bits per heavy atom. The minimum absolute atomic E-state index is 0.0647. The lowest BCUT2D eigenvalue weighted by Crippen LogP contribution is -2.30. The van der Waals surface area contributed by atoms with Crippen LogP contribution in [0.3, 0.4) is 0 Å². The van der Waals surface area contributed by atoms with Crippen molar-refractivity contribution >= 4 is 17.9 Å². The molecule has 0 saturated carbocycles. The quantitative estimate of drug-likeness (QED) is 0.183. The van der Waals surface area contributed by atoms with Crippen molar-refractivity contribution in [2.45, 2.75) is 25.6 Å². The fraction of sp³-hybridized carbons (Fsp3) is 0.233. The lowest BCUT2D eigenvalue weighted by Gasteiger charge is -2.22. The molecule has 3 aromatic rings. The average Bonchev–Trinajstić information content (AvgIpc) is 2.94. The van der Waals surface area contributed by atoms with Crippen LogP contribution in [-0.4, -0.2) is 49.9 Å². The molecule has 0 fully saturated rings. The Labute approximate surface area is 216 Å². The van der Waals surface area contributed by atoms with E-state index in [0.717, 1.165) is 0 Å². The lowest BCUT2D eigenvalue weighted by molar-refractivity contribution is -0.0440. The van der Waals surface area contributed by atoms with Gasteiger partial charge < -0.3 is 18.9 Å². The molecule has 0 bridgehead atoms. The summed E-state index contributed by atoms with van der Waals surface area (Å²) in [6.07, 6.45) is 0.584. The first-order valence-electron chi connectivity index (χ1n) is 11.9. The van der Waals surface area contributed by atoms with Gasteiger partial charge in [-0.2, -0.15) is 0 Å². The molecule has 2 unspecified atom stereocenters. The number of hydrogen-bond donors (Lipinski definition) is 0. The summed E-state index contributed by atoms with van der Waals surface area (Å²) in [5.41, 5.74) is 1.91. The van der Waals surface area contributed by atoms with Crippen LogP contribution >= 0.6 is 0 Å². The van der Waals surface area contributed by atoms with E-state index >= 15 is 0 Å². The van der Waals surface area contributed by atoms with Crippen LogP contribution in [0.15, 0.2) is 97.6 Å². The van der Waals surface area contributed by atoms with Gasteiger partial charge >= 0.3 is 17.9 Å². The van der Waals surface area contributed by atoms with Gasteiger partial charge in [0.2, 0.25) is 0 Å². The fourth-order valence-corrected chi connectivity index (χ4v) is 3.48. The zero-order chi connectivity index (χ0) is 26.5. The van der Waals surface area contributed by atoms with E-state index in [4.69, 9.17) is 18.9 Å². The first kappa shape index (κ1) is 27.4. The third kappa shape index (κ3) is 8.74. The monoisotopic (exact) mass is 502 g/mol. The van der Waals surface area contributed by atoms with E-state index < -0.39 is 30.1 Å². The number of ether oxygens (including phenoxy) is 4. The maximum Gasteiger partial charge on any atom is 0.338 e. The van der Waals surface area contributed by atoms with Gasteiger partial charge in [0.05, 0.1) is 29.4 Å². The zero-order valence-corrected chi connectivity index (χ0v) is 20.7. The summed E-state index contributed by atoms with van der Waals surface area (Å²) in [5, 5.41) is 0. The molecule has 0 aromatic heterocycles. The van der Waals surface area contributed by atoms with Crippen molar-refractivity contribution in [2.24, 2.45) is 0 Å². The van der Waals surface area contributed by atoms with Crippen LogP contribution in [0.4, 0.5) is 0 Å². The maximum atomic E-state index is 12.5. The topological polar surface area (TPSA) is 88.1 Å². The number of carbonyl (C=O) groups excluding carboxylic acids is 3. The highest BCUT2D eigenvalue weighted by Gasteiger charge is 2.21. The highest BCUT2D eigenvalue weighted by molar-refractivity contribution is 5.91. The molecule has 0 radical (unpaired) electrons. The van der Waals surface area contributed by atoms with Gasteiger partial charge in [0.25, 0.3) is 0 Å². The van der Waals surface area contributed by atoms with Crippen molar-refractivity contribution in [3.63, 3.8) is 0 Å². The van der Waals surface area contributed by atoms with Crippen LogP contribution in [0.5, 0.6) is 0 Å². The van der Waals surface area contributed by atoms with E-state index in [9.17, 15) is 14.4 Å². The average molecular weight is 503 g/mol. The van der Waals surface area contributed by atoms with Gasteiger partial charge in [0.15, 0.2) is 0 Å². The highest BCUT2D eigenvalue weighted by atomic mass is 16.6. The predicted molar refractivity (Wildman–Crippen MR) is 138 cm³/mol. The summed E-state index contributed by atoms with van der Waals surface area (Å²) in [4.78, 5) is 37.4. The van der Waals surface area contributed by atoms with Crippen LogP contribution < -0.4 is 0 Å². The number of benzene rings is 3. The van der Waals surface area contributed by atoms with Crippen molar-refractivity contribution < 1.29 is 33.3 Å². The van der Waals surface area contributed by atoms with Gasteiger partial charge in [-0.05, 0) is 42.8 Å². The second-order valence-corrected chi connectivity index (χ2v) is 8.25. The van der Waals surface area contributed by atoms with E-state index in [2.05, 4.69) is 6.58 Å². The molecule has 0 amide bonds. The minimum Gasteiger partial charge on any atom is -0.459 e. The summed E-state index contributed by atoms with van der Waals surface area (Å²) in [6, 6.07) is 24.3. The van der Waals surface area contributed by atoms with Crippen molar-refractivity contribution in [1.82, 2.24) is 0 Å². The summed E-state index contributed by atoms with van der Waals surface area (Å²) in [6.45, 7) is 5.37. The highest BCUT2D eigenvalue weighted by Crippen LogP contribution is 2.16. The second-order valence-electron chi connectivity index (χ2n) is 8.25. The summed E-state index contributed by atoms with van der Waals surface area (Å²) >= 11 is 0. The molecule has 0 heterocycles. The molecule has 0 aliphatic carbocycles. The molecule has 0 aliphatic rings. The SMILES string of the molecule is C=CCOC(=O)c1ccccc1CC(COC(=O)c1ccccc1)OCC(C)OC(=O)c1ccccc1. The Morgan fingerprint density at radius 3 is 2.00 bits per heavy atom. The molecule has 192 valence electrons. The predicted octanol–water partition coefficient (Wildman–Crippen LogP) is 5.06. The number of rotatable bonds is 13. The van der Waals surface area contributed by atoms with E-state index in [1.54, 1.807) is 79.7 Å². The Morgan fingerprint density at radius 2 is 1.35 bits per heavy atom. The van der Waals surface area contributed by atoms with Gasteiger partial charge in [-0.25, -0.2) is 14.4 Å². The van der Waals surface area contributed by atoms with Crippen molar-refractivity contribution in [2.75, 3.05) is 19.8 Å². The number of carbonyl (C=O) groups is 3. The minimum atomic E-state index is -0.612. The summed E-state index contributed by atoms with van der Waals surface area (Å²) in [5.74, 6) is -1.43. The summed E-state index contributed by atoms with van der Waals surface area (Å²) in [7, 11) is 0. The largest absolute Gasteiger partial charge is 0.459 e. The van der Waals surface area contributed by atoms with Crippen LogP contribution in [0.2, 0.25) is 0 Å². The van der Waals surface area contributed by atoms with Gasteiger partial charge in [-0.1, -0.05) is 67.3 Å². The van der Waals surface area contributed by atoms with Gasteiger partial charge in [0, 0.05) is 6.42 Å². The van der Waals surface area contributed by atoms with Crippen LogP contribution in [0.25, 0.3) is 0 Å². The third-order valence-electron chi connectivity index (χ3n) is 5.31. The Bertz CT molecular complexity index is 1170. The van der Waals surface area contributed by atoms with Crippen LogP contribution in [0.1, 0.15) is 43.6 Å². The molecule has 3 rings (SSSR count). The maximum absolute atomic E-state index is 12.5.